The second kappa shape index (κ2) is 10.2. The predicted octanol–water partition coefficient (Wildman–Crippen LogP) is 2.15. The van der Waals surface area contributed by atoms with E-state index in [1.807, 2.05) is 13.8 Å². The number of hydrogen-bond acceptors (Lipinski definition) is 5. The van der Waals surface area contributed by atoms with E-state index in [0.717, 1.165) is 18.5 Å². The fraction of sp³-hybridized carbons (Fsp3) is 0.750. The van der Waals surface area contributed by atoms with Crippen LogP contribution in [0.15, 0.2) is 12.7 Å². The number of ether oxygens (including phenoxy) is 1. The summed E-state index contributed by atoms with van der Waals surface area (Å²) in [6, 6.07) is 0.768. The molecule has 0 aliphatic carbocycles. The van der Waals surface area contributed by atoms with Gasteiger partial charge in [0, 0.05) is 25.3 Å². The van der Waals surface area contributed by atoms with Crippen molar-refractivity contribution in [2.45, 2.75) is 33.2 Å². The van der Waals surface area contributed by atoms with Gasteiger partial charge in [-0.05, 0) is 13.8 Å². The van der Waals surface area contributed by atoms with E-state index in [4.69, 9.17) is 18.0 Å². The third-order valence-electron chi connectivity index (χ3n) is 2.10. The summed E-state index contributed by atoms with van der Waals surface area (Å²) in [7, 11) is -2.59. The van der Waals surface area contributed by atoms with E-state index in [1.54, 1.807) is 0 Å². The summed E-state index contributed by atoms with van der Waals surface area (Å²) in [6.45, 7) is 10.8. The van der Waals surface area contributed by atoms with E-state index in [9.17, 15) is 4.79 Å². The molecule has 0 aliphatic heterocycles. The van der Waals surface area contributed by atoms with Crippen LogP contribution in [0.4, 0.5) is 0 Å². The molecule has 0 heterocycles. The molecular weight excluding hydrogens is 252 g/mol. The molecular formula is C12H24O5Si. The van der Waals surface area contributed by atoms with E-state index in [2.05, 4.69) is 13.5 Å². The Morgan fingerprint density at radius 2 is 1.72 bits per heavy atom. The summed E-state index contributed by atoms with van der Waals surface area (Å²) < 4.78 is 21.9. The van der Waals surface area contributed by atoms with Gasteiger partial charge in [-0.2, -0.15) is 0 Å². The van der Waals surface area contributed by atoms with Crippen LogP contribution in [0.25, 0.3) is 0 Å². The van der Waals surface area contributed by atoms with Gasteiger partial charge in [-0.3, -0.25) is 0 Å². The Labute approximate surface area is 110 Å². The van der Waals surface area contributed by atoms with Crippen molar-refractivity contribution in [3.8, 4) is 0 Å². The number of esters is 1. The Hall–Kier alpha value is -0.693. The van der Waals surface area contributed by atoms with Gasteiger partial charge in [-0.1, -0.05) is 19.9 Å². The predicted molar refractivity (Wildman–Crippen MR) is 71.2 cm³/mol. The second-order valence-electron chi connectivity index (χ2n) is 3.52. The Kier molecular flexibility index (Phi) is 9.86. The molecule has 0 fully saturated rings. The number of carbonyl (C=O) groups excluding carboxylic acids is 1. The van der Waals surface area contributed by atoms with E-state index in [1.165, 1.54) is 0 Å². The van der Waals surface area contributed by atoms with E-state index < -0.39 is 14.8 Å². The van der Waals surface area contributed by atoms with E-state index in [-0.39, 0.29) is 13.2 Å². The van der Waals surface area contributed by atoms with Gasteiger partial charge in [-0.25, -0.2) is 4.79 Å². The molecule has 0 aromatic heterocycles. The van der Waals surface area contributed by atoms with Crippen molar-refractivity contribution in [2.75, 3.05) is 26.4 Å². The van der Waals surface area contributed by atoms with Gasteiger partial charge in [0.2, 0.25) is 0 Å². The average molecular weight is 276 g/mol. The first-order valence-electron chi connectivity index (χ1n) is 6.35. The van der Waals surface area contributed by atoms with Crippen LogP contribution >= 0.6 is 0 Å². The number of carbonyl (C=O) groups is 1. The first-order chi connectivity index (χ1) is 8.64. The molecule has 0 amide bonds. The molecule has 0 atom stereocenters. The minimum absolute atomic E-state index is 0.184. The van der Waals surface area contributed by atoms with Crippen LogP contribution < -0.4 is 0 Å². The molecule has 6 heteroatoms. The van der Waals surface area contributed by atoms with Crippen LogP contribution in [0.5, 0.6) is 0 Å². The highest BCUT2D eigenvalue weighted by atomic mass is 28.4. The zero-order chi connectivity index (χ0) is 13.9. The smallest absolute Gasteiger partial charge is 0.460 e. The van der Waals surface area contributed by atoms with E-state index >= 15 is 0 Å². The maximum absolute atomic E-state index is 10.9. The molecule has 18 heavy (non-hydrogen) atoms. The van der Waals surface area contributed by atoms with Crippen molar-refractivity contribution < 1.29 is 22.8 Å². The number of rotatable bonds is 11. The highest BCUT2D eigenvalue weighted by molar-refractivity contribution is 6.60. The molecule has 0 spiro atoms. The summed E-state index contributed by atoms with van der Waals surface area (Å²) in [5.74, 6) is -0.450. The minimum Gasteiger partial charge on any atom is -0.460 e. The fourth-order valence-corrected chi connectivity index (χ4v) is 4.06. The lowest BCUT2D eigenvalue weighted by molar-refractivity contribution is -0.138. The first-order valence-corrected chi connectivity index (χ1v) is 8.28. The summed E-state index contributed by atoms with van der Waals surface area (Å²) in [6.07, 6.45) is 2.06. The Balaban J connectivity index is 4.20. The Morgan fingerprint density at radius 1 is 1.11 bits per heavy atom. The van der Waals surface area contributed by atoms with Crippen molar-refractivity contribution in [3.63, 3.8) is 0 Å². The highest BCUT2D eigenvalue weighted by Crippen LogP contribution is 2.17. The van der Waals surface area contributed by atoms with Crippen LogP contribution in [-0.2, 0) is 22.8 Å². The maximum atomic E-state index is 10.9. The monoisotopic (exact) mass is 276 g/mol. The first kappa shape index (κ1) is 17.3. The summed E-state index contributed by atoms with van der Waals surface area (Å²) in [5.41, 5.74) is 0. The lowest BCUT2D eigenvalue weighted by Crippen LogP contribution is -2.46. The van der Waals surface area contributed by atoms with Crippen LogP contribution in [0.2, 0.25) is 6.04 Å². The summed E-state index contributed by atoms with van der Waals surface area (Å²) >= 11 is 0. The normalized spacial score (nSPS) is 11.3. The summed E-state index contributed by atoms with van der Waals surface area (Å²) in [5, 5.41) is 0. The Morgan fingerprint density at radius 3 is 2.17 bits per heavy atom. The quantitative estimate of drug-likeness (QED) is 0.250. The van der Waals surface area contributed by atoms with Crippen LogP contribution in [0.3, 0.4) is 0 Å². The SMILES string of the molecule is C=CC(=O)OCCO[Si](CCC)(OCC)OCC. The molecule has 0 unspecified atom stereocenters. The lowest BCUT2D eigenvalue weighted by atomic mass is 10.6. The largest absolute Gasteiger partial charge is 0.501 e. The maximum Gasteiger partial charge on any atom is 0.501 e. The van der Waals surface area contributed by atoms with Crippen LogP contribution in [0, 0.1) is 0 Å². The third-order valence-corrected chi connectivity index (χ3v) is 5.31. The Bertz CT molecular complexity index is 228. The molecule has 0 N–H and O–H groups in total. The standard InChI is InChI=1S/C12H24O5Si/c1-5-11-18(15-7-3,16-8-4)17-10-9-14-12(13)6-2/h6H,2,5,7-11H2,1,3-4H3. The lowest BCUT2D eigenvalue weighted by Gasteiger charge is -2.28. The molecule has 0 bridgehead atoms. The van der Waals surface area contributed by atoms with Gasteiger partial charge in [0.25, 0.3) is 0 Å². The molecule has 0 aromatic rings. The zero-order valence-corrected chi connectivity index (χ0v) is 12.6. The van der Waals surface area contributed by atoms with Gasteiger partial charge in [0.05, 0.1) is 6.61 Å². The minimum atomic E-state index is -2.59. The highest BCUT2D eigenvalue weighted by Gasteiger charge is 2.39. The average Bonchev–Trinajstić information content (AvgIpc) is 2.35. The van der Waals surface area contributed by atoms with Crippen molar-refractivity contribution in [1.82, 2.24) is 0 Å². The molecule has 106 valence electrons. The zero-order valence-electron chi connectivity index (χ0n) is 11.6. The molecule has 0 saturated heterocycles. The fourth-order valence-electron chi connectivity index (χ4n) is 1.49. The van der Waals surface area contributed by atoms with E-state index in [0.29, 0.717) is 13.2 Å². The van der Waals surface area contributed by atoms with Crippen molar-refractivity contribution in [3.05, 3.63) is 12.7 Å². The van der Waals surface area contributed by atoms with Gasteiger partial charge < -0.3 is 18.0 Å². The molecule has 0 saturated carbocycles. The van der Waals surface area contributed by atoms with Crippen molar-refractivity contribution in [2.24, 2.45) is 0 Å². The summed E-state index contributed by atoms with van der Waals surface area (Å²) in [4.78, 5) is 10.9. The van der Waals surface area contributed by atoms with Gasteiger partial charge >= 0.3 is 14.8 Å². The molecule has 5 nitrogen and oxygen atoms in total. The van der Waals surface area contributed by atoms with Gasteiger partial charge in [-0.15, -0.1) is 0 Å². The van der Waals surface area contributed by atoms with Gasteiger partial charge in [0.1, 0.15) is 6.61 Å². The third kappa shape index (κ3) is 6.90. The topological polar surface area (TPSA) is 54.0 Å². The second-order valence-corrected chi connectivity index (χ2v) is 6.25. The van der Waals surface area contributed by atoms with Crippen LogP contribution in [-0.4, -0.2) is 41.2 Å². The van der Waals surface area contributed by atoms with Gasteiger partial charge in [0.15, 0.2) is 0 Å². The molecule has 0 radical (unpaired) electrons. The van der Waals surface area contributed by atoms with Crippen molar-refractivity contribution >= 4 is 14.8 Å². The number of hydrogen-bond donors (Lipinski definition) is 0. The van der Waals surface area contributed by atoms with Crippen molar-refractivity contribution in [1.29, 1.82) is 0 Å². The molecule has 0 aromatic carbocycles. The van der Waals surface area contributed by atoms with Crippen LogP contribution in [0.1, 0.15) is 27.2 Å². The molecule has 0 aliphatic rings. The molecule has 0 rings (SSSR count).